The minimum absolute atomic E-state index is 0.370. The Labute approximate surface area is 138 Å². The number of methoxy groups -OCH3 is 1. The van der Waals surface area contributed by atoms with E-state index in [-0.39, 0.29) is 0 Å². The summed E-state index contributed by atoms with van der Waals surface area (Å²) in [6.07, 6.45) is 1.80. The lowest BCUT2D eigenvalue weighted by atomic mass is 10.1. The molecule has 0 atom stereocenters. The molecule has 0 aliphatic carbocycles. The highest BCUT2D eigenvalue weighted by Crippen LogP contribution is 2.31. The third-order valence-electron chi connectivity index (χ3n) is 3.30. The summed E-state index contributed by atoms with van der Waals surface area (Å²) in [5.41, 5.74) is 3.81. The van der Waals surface area contributed by atoms with Crippen LogP contribution in [0.2, 0.25) is 0 Å². The number of pyridine rings is 1. The van der Waals surface area contributed by atoms with Crippen LogP contribution >= 0.6 is 27.5 Å². The van der Waals surface area contributed by atoms with E-state index in [1.165, 1.54) is 0 Å². The van der Waals surface area contributed by atoms with Crippen LogP contribution in [0.25, 0.3) is 0 Å². The number of hydrogen-bond acceptors (Lipinski definition) is 3. The van der Waals surface area contributed by atoms with E-state index in [0.717, 1.165) is 38.4 Å². The molecule has 1 aromatic heterocycles. The lowest BCUT2D eigenvalue weighted by Gasteiger charge is -2.15. The van der Waals surface area contributed by atoms with E-state index < -0.39 is 0 Å². The number of alkyl halides is 1. The first-order valence-corrected chi connectivity index (χ1v) is 7.86. The van der Waals surface area contributed by atoms with E-state index in [1.54, 1.807) is 13.3 Å². The van der Waals surface area contributed by atoms with Crippen LogP contribution in [-0.2, 0) is 12.5 Å². The molecule has 0 saturated heterocycles. The van der Waals surface area contributed by atoms with Gasteiger partial charge in [0.1, 0.15) is 18.1 Å². The maximum Gasteiger partial charge on any atom is 0.138 e. The predicted octanol–water partition coefficient (Wildman–Crippen LogP) is 4.79. The second kappa shape index (κ2) is 7.14. The van der Waals surface area contributed by atoms with Gasteiger partial charge in [-0.25, -0.2) is 0 Å². The van der Waals surface area contributed by atoms with Gasteiger partial charge in [-0.1, -0.05) is 12.1 Å². The second-order valence-corrected chi connectivity index (χ2v) is 5.82. The van der Waals surface area contributed by atoms with Crippen LogP contribution in [0.1, 0.15) is 22.4 Å². The van der Waals surface area contributed by atoms with Gasteiger partial charge in [0.25, 0.3) is 0 Å². The lowest BCUT2D eigenvalue weighted by molar-refractivity contribution is 0.294. The molecule has 0 bridgehead atoms. The molecule has 0 aliphatic rings. The maximum atomic E-state index is 5.95. The molecule has 2 rings (SSSR count). The number of para-hydroxylation sites is 1. The number of benzene rings is 1. The average molecular weight is 371 g/mol. The summed E-state index contributed by atoms with van der Waals surface area (Å²) in [4.78, 5) is 4.43. The molecule has 3 nitrogen and oxygen atoms in total. The van der Waals surface area contributed by atoms with E-state index in [4.69, 9.17) is 21.1 Å². The van der Waals surface area contributed by atoms with Crippen LogP contribution < -0.4 is 9.47 Å². The van der Waals surface area contributed by atoms with Crippen molar-refractivity contribution in [1.82, 2.24) is 4.98 Å². The number of nitrogens with zero attached hydrogens (tertiary/aromatic N) is 1. The first-order chi connectivity index (χ1) is 10.1. The predicted molar refractivity (Wildman–Crippen MR) is 88.3 cm³/mol. The fraction of sp³-hybridized carbons (Fsp3) is 0.312. The van der Waals surface area contributed by atoms with Gasteiger partial charge in [0.05, 0.1) is 23.2 Å². The summed E-state index contributed by atoms with van der Waals surface area (Å²) in [6.45, 7) is 4.33. The van der Waals surface area contributed by atoms with Crippen LogP contribution in [0.3, 0.4) is 0 Å². The van der Waals surface area contributed by atoms with Crippen molar-refractivity contribution in [2.75, 3.05) is 7.11 Å². The molecule has 0 amide bonds. The molecule has 1 heterocycles. The smallest absolute Gasteiger partial charge is 0.138 e. The Morgan fingerprint density at radius 2 is 2.00 bits per heavy atom. The van der Waals surface area contributed by atoms with Gasteiger partial charge in [0.2, 0.25) is 0 Å². The molecule has 112 valence electrons. The molecule has 0 N–H and O–H groups in total. The first kappa shape index (κ1) is 16.1. The molecular weight excluding hydrogens is 354 g/mol. The zero-order valence-electron chi connectivity index (χ0n) is 12.2. The lowest BCUT2D eigenvalue weighted by Crippen LogP contribution is -2.05. The Kier molecular flexibility index (Phi) is 5.48. The second-order valence-electron chi connectivity index (χ2n) is 4.70. The quantitative estimate of drug-likeness (QED) is 0.709. The molecule has 0 spiro atoms. The standard InChI is InChI=1S/C16H17BrClNO2/c1-10-8-19-14(11(2)15(10)20-3)9-21-16-12(7-18)5-4-6-13(16)17/h4-6,8H,7,9H2,1-3H3. The number of rotatable bonds is 5. The van der Waals surface area contributed by atoms with Crippen molar-refractivity contribution in [3.05, 3.63) is 51.3 Å². The minimum Gasteiger partial charge on any atom is -0.496 e. The molecule has 21 heavy (non-hydrogen) atoms. The largest absolute Gasteiger partial charge is 0.496 e. The SMILES string of the molecule is COc1c(C)cnc(COc2c(Br)cccc2CCl)c1C. The van der Waals surface area contributed by atoms with Crippen molar-refractivity contribution in [1.29, 1.82) is 0 Å². The van der Waals surface area contributed by atoms with Crippen molar-refractivity contribution >= 4 is 27.5 Å². The zero-order valence-corrected chi connectivity index (χ0v) is 14.6. The highest BCUT2D eigenvalue weighted by molar-refractivity contribution is 9.10. The van der Waals surface area contributed by atoms with Crippen molar-refractivity contribution < 1.29 is 9.47 Å². The van der Waals surface area contributed by atoms with E-state index in [1.807, 2.05) is 32.0 Å². The third kappa shape index (κ3) is 3.50. The van der Waals surface area contributed by atoms with Crippen molar-refractivity contribution in [3.8, 4) is 11.5 Å². The highest BCUT2D eigenvalue weighted by atomic mass is 79.9. The topological polar surface area (TPSA) is 31.4 Å². The van der Waals surface area contributed by atoms with Gasteiger partial charge in [-0.15, -0.1) is 11.6 Å². The molecule has 0 fully saturated rings. The van der Waals surface area contributed by atoms with Crippen molar-refractivity contribution in [2.24, 2.45) is 0 Å². The number of ether oxygens (including phenoxy) is 2. The van der Waals surface area contributed by atoms with Crippen LogP contribution in [0.15, 0.2) is 28.9 Å². The van der Waals surface area contributed by atoms with Crippen LogP contribution in [0.4, 0.5) is 0 Å². The fourth-order valence-corrected chi connectivity index (χ4v) is 2.91. The number of aryl methyl sites for hydroxylation is 1. The Balaban J connectivity index is 2.25. The Bertz CT molecular complexity index is 646. The highest BCUT2D eigenvalue weighted by Gasteiger charge is 2.12. The summed E-state index contributed by atoms with van der Waals surface area (Å²) in [5, 5.41) is 0. The zero-order chi connectivity index (χ0) is 15.4. The van der Waals surface area contributed by atoms with E-state index in [2.05, 4.69) is 20.9 Å². The molecule has 0 unspecified atom stereocenters. The maximum absolute atomic E-state index is 5.95. The number of aromatic nitrogens is 1. The summed E-state index contributed by atoms with van der Waals surface area (Å²) >= 11 is 9.44. The van der Waals surface area contributed by atoms with Gasteiger partial charge in [0, 0.05) is 22.9 Å². The fourth-order valence-electron chi connectivity index (χ4n) is 2.18. The third-order valence-corrected chi connectivity index (χ3v) is 4.21. The molecule has 0 radical (unpaired) electrons. The average Bonchev–Trinajstić information content (AvgIpc) is 2.48. The van der Waals surface area contributed by atoms with Crippen LogP contribution in [0, 0.1) is 13.8 Å². The molecule has 1 aromatic carbocycles. The molecule has 5 heteroatoms. The van der Waals surface area contributed by atoms with Crippen LogP contribution in [-0.4, -0.2) is 12.1 Å². The van der Waals surface area contributed by atoms with Gasteiger partial charge in [0.15, 0.2) is 0 Å². The molecule has 0 aliphatic heterocycles. The normalized spacial score (nSPS) is 10.5. The molecule has 0 saturated carbocycles. The monoisotopic (exact) mass is 369 g/mol. The van der Waals surface area contributed by atoms with Crippen LogP contribution in [0.5, 0.6) is 11.5 Å². The van der Waals surface area contributed by atoms with Gasteiger partial charge in [-0.05, 0) is 35.8 Å². The van der Waals surface area contributed by atoms with Gasteiger partial charge >= 0.3 is 0 Å². The number of hydrogen-bond donors (Lipinski definition) is 0. The summed E-state index contributed by atoms with van der Waals surface area (Å²) < 4.78 is 12.2. The summed E-state index contributed by atoms with van der Waals surface area (Å²) in [5.74, 6) is 2.01. The van der Waals surface area contributed by atoms with E-state index in [9.17, 15) is 0 Å². The molecular formula is C16H17BrClNO2. The van der Waals surface area contributed by atoms with Gasteiger partial charge in [-0.3, -0.25) is 4.98 Å². The Morgan fingerprint density at radius 3 is 2.67 bits per heavy atom. The summed E-state index contributed by atoms with van der Waals surface area (Å²) in [6, 6.07) is 5.82. The Hall–Kier alpha value is -1.26. The van der Waals surface area contributed by atoms with Crippen molar-refractivity contribution in [2.45, 2.75) is 26.3 Å². The minimum atomic E-state index is 0.370. The summed E-state index contributed by atoms with van der Waals surface area (Å²) in [7, 11) is 1.67. The van der Waals surface area contributed by atoms with E-state index >= 15 is 0 Å². The molecule has 2 aromatic rings. The first-order valence-electron chi connectivity index (χ1n) is 6.53. The Morgan fingerprint density at radius 1 is 1.24 bits per heavy atom. The number of halogens is 2. The van der Waals surface area contributed by atoms with Gasteiger partial charge in [-0.2, -0.15) is 0 Å². The van der Waals surface area contributed by atoms with Crippen molar-refractivity contribution in [3.63, 3.8) is 0 Å². The van der Waals surface area contributed by atoms with Gasteiger partial charge < -0.3 is 9.47 Å². The van der Waals surface area contributed by atoms with E-state index in [0.29, 0.717) is 12.5 Å².